The molecule has 0 spiro atoms. The summed E-state index contributed by atoms with van der Waals surface area (Å²) in [5.41, 5.74) is 2.74. The third-order valence-electron chi connectivity index (χ3n) is 7.02. The summed E-state index contributed by atoms with van der Waals surface area (Å²) in [6, 6.07) is 31.2. The van der Waals surface area contributed by atoms with E-state index in [-0.39, 0.29) is 12.1 Å². The summed E-state index contributed by atoms with van der Waals surface area (Å²) in [6.07, 6.45) is 1.76. The van der Waals surface area contributed by atoms with Crippen LogP contribution in [-0.4, -0.2) is 30.3 Å². The SMILES string of the molecule is COC(=O)c1ccccc1-c1ccc([C@H]2[C@@H](c3ccccn3)NC(=S)N2c2ccc(Oc3ccc(OC)cc3)cc2)o1. The lowest BCUT2D eigenvalue weighted by atomic mass is 10.0. The first-order valence-corrected chi connectivity index (χ1v) is 13.7. The van der Waals surface area contributed by atoms with E-state index in [9.17, 15) is 4.79 Å². The first-order chi connectivity index (χ1) is 20.6. The van der Waals surface area contributed by atoms with Gasteiger partial charge in [0.15, 0.2) is 5.11 Å². The Morgan fingerprint density at radius 2 is 1.55 bits per heavy atom. The fourth-order valence-electron chi connectivity index (χ4n) is 5.02. The van der Waals surface area contributed by atoms with Crippen molar-refractivity contribution < 1.29 is 23.4 Å². The Morgan fingerprint density at radius 3 is 2.24 bits per heavy atom. The van der Waals surface area contributed by atoms with Gasteiger partial charge in [0, 0.05) is 17.4 Å². The van der Waals surface area contributed by atoms with Crippen molar-refractivity contribution >= 4 is 29.0 Å². The minimum absolute atomic E-state index is 0.288. The van der Waals surface area contributed by atoms with Gasteiger partial charge in [-0.1, -0.05) is 24.3 Å². The van der Waals surface area contributed by atoms with Crippen LogP contribution < -0.4 is 19.7 Å². The summed E-state index contributed by atoms with van der Waals surface area (Å²) >= 11 is 5.85. The quantitative estimate of drug-likeness (QED) is 0.153. The molecule has 0 aliphatic carbocycles. The van der Waals surface area contributed by atoms with Gasteiger partial charge in [-0.15, -0.1) is 0 Å². The lowest BCUT2D eigenvalue weighted by Gasteiger charge is -2.26. The molecule has 1 fully saturated rings. The summed E-state index contributed by atoms with van der Waals surface area (Å²) < 4.78 is 22.7. The molecule has 0 radical (unpaired) electrons. The molecule has 8 nitrogen and oxygen atoms in total. The number of pyridine rings is 1. The first-order valence-electron chi connectivity index (χ1n) is 13.3. The number of ether oxygens (including phenoxy) is 3. The number of nitrogens with one attached hydrogen (secondary N) is 1. The van der Waals surface area contributed by atoms with Crippen molar-refractivity contribution in [1.82, 2.24) is 10.3 Å². The molecule has 9 heteroatoms. The van der Waals surface area contributed by atoms with E-state index >= 15 is 0 Å². The van der Waals surface area contributed by atoms with Gasteiger partial charge in [0.25, 0.3) is 0 Å². The van der Waals surface area contributed by atoms with Crippen molar-refractivity contribution in [3.8, 4) is 28.6 Å². The molecular formula is C33H27N3O5S. The van der Waals surface area contributed by atoms with Crippen LogP contribution in [-0.2, 0) is 4.74 Å². The number of carbonyl (C=O) groups is 1. The molecule has 0 bridgehead atoms. The van der Waals surface area contributed by atoms with E-state index in [1.54, 1.807) is 25.4 Å². The number of hydrogen-bond acceptors (Lipinski definition) is 7. The Morgan fingerprint density at radius 1 is 0.857 bits per heavy atom. The van der Waals surface area contributed by atoms with Crippen LogP contribution in [0.4, 0.5) is 5.69 Å². The van der Waals surface area contributed by atoms with Crippen molar-refractivity contribution in [2.45, 2.75) is 12.1 Å². The van der Waals surface area contributed by atoms with Crippen LogP contribution in [0.25, 0.3) is 11.3 Å². The highest BCUT2D eigenvalue weighted by Crippen LogP contribution is 2.43. The van der Waals surface area contributed by atoms with Gasteiger partial charge < -0.3 is 28.8 Å². The van der Waals surface area contributed by atoms with Gasteiger partial charge in [0.1, 0.15) is 34.8 Å². The Labute approximate surface area is 248 Å². The zero-order valence-corrected chi connectivity index (χ0v) is 23.7. The number of benzene rings is 3. The van der Waals surface area contributed by atoms with E-state index in [1.807, 2.05) is 95.9 Å². The number of thiocarbonyl (C=S) groups is 1. The third kappa shape index (κ3) is 5.29. The number of rotatable bonds is 8. The predicted octanol–water partition coefficient (Wildman–Crippen LogP) is 7.11. The Bertz CT molecular complexity index is 1700. The van der Waals surface area contributed by atoms with Crippen molar-refractivity contribution in [2.75, 3.05) is 19.1 Å². The van der Waals surface area contributed by atoms with Crippen LogP contribution in [0.3, 0.4) is 0 Å². The standard InChI is InChI=1S/C33H27N3O5S/c1-38-22-14-16-24(17-15-22)40-23-12-10-21(11-13-23)36-31(30(35-33(36)42)27-9-5-6-20-34-27)29-19-18-28(41-29)25-7-3-4-8-26(25)32(37)39-2/h3-20,30-31H,1-2H3,(H,35,42)/t30-,31+/m1/s1. The normalized spacial score (nSPS) is 16.1. The lowest BCUT2D eigenvalue weighted by molar-refractivity contribution is 0.0601. The minimum Gasteiger partial charge on any atom is -0.497 e. The number of methoxy groups -OCH3 is 2. The van der Waals surface area contributed by atoms with Crippen LogP contribution >= 0.6 is 12.2 Å². The topological polar surface area (TPSA) is 86.1 Å². The average molecular weight is 578 g/mol. The Hall–Kier alpha value is -5.15. The van der Waals surface area contributed by atoms with Crippen LogP contribution in [0, 0.1) is 0 Å². The van der Waals surface area contributed by atoms with Gasteiger partial charge in [0.05, 0.1) is 31.5 Å². The second kappa shape index (κ2) is 11.8. The number of anilines is 1. The van der Waals surface area contributed by atoms with Gasteiger partial charge in [-0.3, -0.25) is 4.98 Å². The molecule has 5 aromatic rings. The number of carbonyl (C=O) groups excluding carboxylic acids is 1. The molecule has 0 saturated carbocycles. The molecule has 0 amide bonds. The molecule has 1 saturated heterocycles. The summed E-state index contributed by atoms with van der Waals surface area (Å²) in [5, 5.41) is 3.97. The molecule has 2 atom stereocenters. The summed E-state index contributed by atoms with van der Waals surface area (Å²) in [4.78, 5) is 19.1. The van der Waals surface area contributed by atoms with Crippen molar-refractivity contribution in [3.63, 3.8) is 0 Å². The number of nitrogens with zero attached hydrogens (tertiary/aromatic N) is 2. The first kappa shape index (κ1) is 27.0. The maximum Gasteiger partial charge on any atom is 0.338 e. The van der Waals surface area contributed by atoms with E-state index in [0.717, 1.165) is 17.1 Å². The van der Waals surface area contributed by atoms with Crippen LogP contribution in [0.15, 0.2) is 114 Å². The van der Waals surface area contributed by atoms with E-state index in [1.165, 1.54) is 7.11 Å². The second-order valence-corrected chi connectivity index (χ2v) is 9.89. The molecule has 3 aromatic carbocycles. The monoisotopic (exact) mass is 577 g/mol. The van der Waals surface area contributed by atoms with Crippen molar-refractivity contribution in [1.29, 1.82) is 0 Å². The van der Waals surface area contributed by atoms with Gasteiger partial charge in [-0.05, 0) is 91.1 Å². The summed E-state index contributed by atoms with van der Waals surface area (Å²) in [5.74, 6) is 2.91. The summed E-state index contributed by atoms with van der Waals surface area (Å²) in [7, 11) is 2.99. The van der Waals surface area contributed by atoms with Crippen molar-refractivity contribution in [3.05, 3.63) is 126 Å². The van der Waals surface area contributed by atoms with Crippen LogP contribution in [0.2, 0.25) is 0 Å². The van der Waals surface area contributed by atoms with E-state index in [2.05, 4.69) is 10.3 Å². The molecule has 210 valence electrons. The molecule has 0 unspecified atom stereocenters. The van der Waals surface area contributed by atoms with E-state index in [4.69, 9.17) is 30.8 Å². The second-order valence-electron chi connectivity index (χ2n) is 9.51. The smallest absolute Gasteiger partial charge is 0.338 e. The van der Waals surface area contributed by atoms with Crippen LogP contribution in [0.5, 0.6) is 17.2 Å². The number of hydrogen-bond donors (Lipinski definition) is 1. The highest BCUT2D eigenvalue weighted by atomic mass is 32.1. The largest absolute Gasteiger partial charge is 0.497 e. The summed E-state index contributed by atoms with van der Waals surface area (Å²) in [6.45, 7) is 0. The van der Waals surface area contributed by atoms with E-state index in [0.29, 0.717) is 39.3 Å². The minimum atomic E-state index is -0.433. The average Bonchev–Trinajstić information content (AvgIpc) is 3.66. The predicted molar refractivity (Wildman–Crippen MR) is 163 cm³/mol. The molecular weight excluding hydrogens is 550 g/mol. The fourth-order valence-corrected chi connectivity index (χ4v) is 5.36. The zero-order chi connectivity index (χ0) is 29.1. The van der Waals surface area contributed by atoms with Gasteiger partial charge >= 0.3 is 5.97 Å². The van der Waals surface area contributed by atoms with Crippen LogP contribution in [0.1, 0.15) is 33.9 Å². The number of aromatic nitrogens is 1. The molecule has 42 heavy (non-hydrogen) atoms. The Balaban J connectivity index is 1.35. The molecule has 1 aliphatic rings. The maximum atomic E-state index is 12.4. The Kier molecular flexibility index (Phi) is 7.57. The maximum absolute atomic E-state index is 12.4. The number of esters is 1. The van der Waals surface area contributed by atoms with Crippen molar-refractivity contribution in [2.24, 2.45) is 0 Å². The number of furan rings is 1. The van der Waals surface area contributed by atoms with Gasteiger partial charge in [-0.2, -0.15) is 0 Å². The molecule has 2 aromatic heterocycles. The highest BCUT2D eigenvalue weighted by Gasteiger charge is 2.42. The molecule has 1 aliphatic heterocycles. The molecule has 1 N–H and O–H groups in total. The lowest BCUT2D eigenvalue weighted by Crippen LogP contribution is -2.29. The fraction of sp³-hybridized carbons (Fsp3) is 0.121. The third-order valence-corrected chi connectivity index (χ3v) is 7.34. The highest BCUT2D eigenvalue weighted by molar-refractivity contribution is 7.80. The molecule has 3 heterocycles. The molecule has 6 rings (SSSR count). The van der Waals surface area contributed by atoms with Gasteiger partial charge in [-0.25, -0.2) is 4.79 Å². The van der Waals surface area contributed by atoms with Gasteiger partial charge in [0.2, 0.25) is 0 Å². The van der Waals surface area contributed by atoms with E-state index < -0.39 is 5.97 Å². The zero-order valence-electron chi connectivity index (χ0n) is 22.9.